The highest BCUT2D eigenvalue weighted by Crippen LogP contribution is 2.20. The molecule has 0 radical (unpaired) electrons. The van der Waals surface area contributed by atoms with Gasteiger partial charge in [0.1, 0.15) is 0 Å². The second kappa shape index (κ2) is 11.3. The number of hydrogen-bond donors (Lipinski definition) is 2. The van der Waals surface area contributed by atoms with Gasteiger partial charge in [0.25, 0.3) is 11.8 Å². The molecule has 2 N–H and O–H groups in total. The molecule has 0 bridgehead atoms. The Kier molecular flexibility index (Phi) is 8.43. The number of nitrogens with zero attached hydrogens (tertiary/aromatic N) is 1. The Morgan fingerprint density at radius 2 is 1.93 bits per heavy atom. The van der Waals surface area contributed by atoms with Crippen molar-refractivity contribution >= 4 is 29.3 Å². The summed E-state index contributed by atoms with van der Waals surface area (Å²) in [6, 6.07) is 5.38. The van der Waals surface area contributed by atoms with Crippen LogP contribution in [0.2, 0.25) is 0 Å². The number of aryl methyl sites for hydroxylation is 1. The summed E-state index contributed by atoms with van der Waals surface area (Å²) in [7, 11) is 0. The molecular weight excluding hydrogens is 386 g/mol. The number of thioether (sulfide) groups is 1. The van der Waals surface area contributed by atoms with Gasteiger partial charge in [-0.25, -0.2) is 0 Å². The van der Waals surface area contributed by atoms with E-state index in [0.29, 0.717) is 30.2 Å². The third-order valence-electron chi connectivity index (χ3n) is 5.26. The fraction of sp³-hybridized carbons (Fsp3) is 0.545. The van der Waals surface area contributed by atoms with E-state index in [0.717, 1.165) is 24.3 Å². The normalized spacial score (nSPS) is 17.6. The molecule has 0 spiro atoms. The Bertz CT molecular complexity index is 743. The lowest BCUT2D eigenvalue weighted by molar-refractivity contribution is -0.116. The van der Waals surface area contributed by atoms with Gasteiger partial charge in [-0.05, 0) is 63.5 Å². The predicted molar refractivity (Wildman–Crippen MR) is 118 cm³/mol. The van der Waals surface area contributed by atoms with Gasteiger partial charge in [-0.2, -0.15) is 0 Å². The number of benzene rings is 1. The molecular formula is C22H31N3O3S. The minimum atomic E-state index is -0.282. The monoisotopic (exact) mass is 417 g/mol. The second-order valence-electron chi connectivity index (χ2n) is 7.55. The molecule has 7 heteroatoms. The lowest BCUT2D eigenvalue weighted by atomic mass is 10.1. The van der Waals surface area contributed by atoms with Crippen LogP contribution in [0.5, 0.6) is 0 Å². The molecule has 1 fully saturated rings. The Labute approximate surface area is 177 Å². The molecule has 0 unspecified atom stereocenters. The number of nitrogens with one attached hydrogen (secondary N) is 2. The highest BCUT2D eigenvalue weighted by atomic mass is 32.2. The molecule has 0 atom stereocenters. The van der Waals surface area contributed by atoms with Crippen molar-refractivity contribution in [1.29, 1.82) is 0 Å². The molecule has 2 heterocycles. The summed E-state index contributed by atoms with van der Waals surface area (Å²) >= 11 is 1.56. The van der Waals surface area contributed by atoms with Crippen LogP contribution >= 0.6 is 11.8 Å². The van der Waals surface area contributed by atoms with Crippen LogP contribution in [0.15, 0.2) is 29.4 Å². The first-order valence-electron chi connectivity index (χ1n) is 10.5. The van der Waals surface area contributed by atoms with Gasteiger partial charge in [0.2, 0.25) is 0 Å². The third-order valence-corrected chi connectivity index (χ3v) is 6.04. The van der Waals surface area contributed by atoms with Crippen molar-refractivity contribution in [2.24, 2.45) is 0 Å². The van der Waals surface area contributed by atoms with E-state index in [9.17, 15) is 9.59 Å². The van der Waals surface area contributed by atoms with Crippen molar-refractivity contribution < 1.29 is 14.3 Å². The van der Waals surface area contributed by atoms with Crippen molar-refractivity contribution in [3.05, 3.63) is 40.5 Å². The van der Waals surface area contributed by atoms with Crippen LogP contribution in [0.25, 0.3) is 0 Å². The van der Waals surface area contributed by atoms with Crippen LogP contribution in [0.3, 0.4) is 0 Å². The maximum atomic E-state index is 12.5. The zero-order chi connectivity index (χ0) is 20.5. The molecule has 1 saturated heterocycles. The van der Waals surface area contributed by atoms with Gasteiger partial charge in [0.15, 0.2) is 5.76 Å². The molecule has 6 nitrogen and oxygen atoms in total. The summed E-state index contributed by atoms with van der Waals surface area (Å²) in [6.07, 6.45) is 6.18. The Morgan fingerprint density at radius 3 is 2.66 bits per heavy atom. The molecule has 1 aromatic rings. The van der Waals surface area contributed by atoms with Crippen LogP contribution in [0.1, 0.15) is 48.0 Å². The average Bonchev–Trinajstić information content (AvgIpc) is 3.02. The fourth-order valence-corrected chi connectivity index (χ4v) is 4.16. The summed E-state index contributed by atoms with van der Waals surface area (Å²) in [5.74, 6) is 0.780. The van der Waals surface area contributed by atoms with Gasteiger partial charge in [0, 0.05) is 29.0 Å². The highest BCUT2D eigenvalue weighted by Gasteiger charge is 2.16. The van der Waals surface area contributed by atoms with Crippen LogP contribution in [-0.2, 0) is 9.53 Å². The number of hydrogen-bond acceptors (Lipinski definition) is 5. The van der Waals surface area contributed by atoms with Crippen molar-refractivity contribution in [2.75, 3.05) is 43.9 Å². The first-order chi connectivity index (χ1) is 14.1. The minimum Gasteiger partial charge on any atom is -0.487 e. The number of anilines is 1. The number of ether oxygens (including phenoxy) is 1. The summed E-state index contributed by atoms with van der Waals surface area (Å²) in [6.45, 7) is 6.47. The smallest absolute Gasteiger partial charge is 0.291 e. The van der Waals surface area contributed by atoms with Gasteiger partial charge >= 0.3 is 0 Å². The highest BCUT2D eigenvalue weighted by molar-refractivity contribution is 8.02. The number of carbonyl (C=O) groups excluding carboxylic acids is 2. The average molecular weight is 418 g/mol. The van der Waals surface area contributed by atoms with Crippen molar-refractivity contribution in [2.45, 2.75) is 39.0 Å². The summed E-state index contributed by atoms with van der Waals surface area (Å²) < 4.78 is 5.40. The standard InChI is InChI=1S/C22H31N3O3S/c1-17-7-8-18(15-19(17)24-22(27)20-16-29-14-13-28-20)21(26)23-9-6-12-25-10-4-2-3-5-11-25/h7-8,15-16H,2-6,9-14H2,1H3,(H,23,26)(H,24,27). The van der Waals surface area contributed by atoms with Gasteiger partial charge in [-0.1, -0.05) is 18.9 Å². The molecule has 0 saturated carbocycles. The largest absolute Gasteiger partial charge is 0.487 e. The Balaban J connectivity index is 1.49. The van der Waals surface area contributed by atoms with Crippen molar-refractivity contribution in [1.82, 2.24) is 10.2 Å². The van der Waals surface area contributed by atoms with Crippen molar-refractivity contribution in [3.8, 4) is 0 Å². The van der Waals surface area contributed by atoms with Gasteiger partial charge < -0.3 is 20.3 Å². The number of carbonyl (C=O) groups is 2. The molecule has 0 aliphatic carbocycles. The van der Waals surface area contributed by atoms with E-state index in [1.54, 1.807) is 29.3 Å². The third kappa shape index (κ3) is 6.78. The number of amides is 2. The molecule has 2 aliphatic heterocycles. The molecule has 2 amide bonds. The Morgan fingerprint density at radius 1 is 1.14 bits per heavy atom. The van der Waals surface area contributed by atoms with E-state index < -0.39 is 0 Å². The van der Waals surface area contributed by atoms with Gasteiger partial charge in [0.05, 0.1) is 6.61 Å². The summed E-state index contributed by atoms with van der Waals surface area (Å²) in [4.78, 5) is 27.4. The van der Waals surface area contributed by atoms with Gasteiger partial charge in [-0.15, -0.1) is 11.8 Å². The van der Waals surface area contributed by atoms with E-state index in [1.165, 1.54) is 38.8 Å². The van der Waals surface area contributed by atoms with Crippen LogP contribution in [-0.4, -0.2) is 55.3 Å². The molecule has 2 aliphatic rings. The molecule has 3 rings (SSSR count). The van der Waals surface area contributed by atoms with E-state index in [2.05, 4.69) is 15.5 Å². The van der Waals surface area contributed by atoms with E-state index in [4.69, 9.17) is 4.74 Å². The lowest BCUT2D eigenvalue weighted by Gasteiger charge is -2.19. The topological polar surface area (TPSA) is 70.7 Å². The molecule has 29 heavy (non-hydrogen) atoms. The SMILES string of the molecule is Cc1ccc(C(=O)NCCCN2CCCCCC2)cc1NC(=O)C1=CSCCO1. The number of rotatable bonds is 7. The minimum absolute atomic E-state index is 0.111. The summed E-state index contributed by atoms with van der Waals surface area (Å²) in [5.41, 5.74) is 2.08. The Hall–Kier alpha value is -1.99. The number of likely N-dealkylation sites (tertiary alicyclic amines) is 1. The van der Waals surface area contributed by atoms with E-state index in [1.807, 2.05) is 13.0 Å². The fourth-order valence-electron chi connectivity index (χ4n) is 3.54. The quantitative estimate of drug-likeness (QED) is 0.664. The van der Waals surface area contributed by atoms with Crippen LogP contribution in [0, 0.1) is 6.92 Å². The first-order valence-corrected chi connectivity index (χ1v) is 11.6. The summed E-state index contributed by atoms with van der Waals surface area (Å²) in [5, 5.41) is 7.59. The lowest BCUT2D eigenvalue weighted by Crippen LogP contribution is -2.30. The molecule has 0 aromatic heterocycles. The first kappa shape index (κ1) is 21.7. The second-order valence-corrected chi connectivity index (χ2v) is 8.53. The van der Waals surface area contributed by atoms with Crippen LogP contribution < -0.4 is 10.6 Å². The van der Waals surface area contributed by atoms with Gasteiger partial charge in [-0.3, -0.25) is 9.59 Å². The predicted octanol–water partition coefficient (Wildman–Crippen LogP) is 3.53. The molecule has 1 aromatic carbocycles. The van der Waals surface area contributed by atoms with E-state index in [-0.39, 0.29) is 11.8 Å². The zero-order valence-electron chi connectivity index (χ0n) is 17.2. The maximum Gasteiger partial charge on any atom is 0.291 e. The van der Waals surface area contributed by atoms with Crippen molar-refractivity contribution in [3.63, 3.8) is 0 Å². The molecule has 158 valence electrons. The zero-order valence-corrected chi connectivity index (χ0v) is 18.0. The van der Waals surface area contributed by atoms with Crippen LogP contribution in [0.4, 0.5) is 5.69 Å². The maximum absolute atomic E-state index is 12.5. The van der Waals surface area contributed by atoms with E-state index >= 15 is 0 Å².